The van der Waals surface area contributed by atoms with Crippen molar-refractivity contribution in [3.63, 3.8) is 0 Å². The first-order valence-electron chi connectivity index (χ1n) is 6.77. The molecule has 0 fully saturated rings. The molecule has 0 bridgehead atoms. The van der Waals surface area contributed by atoms with E-state index in [0.717, 1.165) is 23.5 Å². The van der Waals surface area contributed by atoms with Crippen molar-refractivity contribution in [2.75, 3.05) is 6.61 Å². The second-order valence-corrected chi connectivity index (χ2v) is 5.11. The van der Waals surface area contributed by atoms with E-state index >= 15 is 0 Å². The lowest BCUT2D eigenvalue weighted by atomic mass is 10.2. The molecule has 2 aromatic rings. The first kappa shape index (κ1) is 15.8. The largest absolute Gasteiger partial charge is 0.493 e. The smallest absolute Gasteiger partial charge is 0.141 e. The quantitative estimate of drug-likeness (QED) is 0.687. The summed E-state index contributed by atoms with van der Waals surface area (Å²) in [4.78, 5) is 3.81. The van der Waals surface area contributed by atoms with Crippen molar-refractivity contribution >= 4 is 15.9 Å². The van der Waals surface area contributed by atoms with Gasteiger partial charge >= 0.3 is 0 Å². The predicted octanol–water partition coefficient (Wildman–Crippen LogP) is 4.48. The van der Waals surface area contributed by atoms with E-state index < -0.39 is 0 Å². The Morgan fingerprint density at radius 2 is 2.05 bits per heavy atom. The summed E-state index contributed by atoms with van der Waals surface area (Å²) in [5, 5.41) is 0.678. The highest BCUT2D eigenvalue weighted by atomic mass is 79.9. The van der Waals surface area contributed by atoms with E-state index in [1.807, 2.05) is 18.2 Å². The van der Waals surface area contributed by atoms with Gasteiger partial charge in [-0.05, 0) is 18.6 Å². The highest BCUT2D eigenvalue weighted by Crippen LogP contribution is 2.27. The maximum Gasteiger partial charge on any atom is 0.141 e. The van der Waals surface area contributed by atoms with Crippen molar-refractivity contribution < 1.29 is 13.9 Å². The summed E-state index contributed by atoms with van der Waals surface area (Å²) in [6.45, 7) is 2.99. The predicted molar refractivity (Wildman–Crippen MR) is 83.4 cm³/mol. The monoisotopic (exact) mass is 353 g/mol. The first-order valence-corrected chi connectivity index (χ1v) is 7.89. The summed E-state index contributed by atoms with van der Waals surface area (Å²) < 4.78 is 24.5. The topological polar surface area (TPSA) is 31.4 Å². The number of hydrogen-bond donors (Lipinski definition) is 0. The van der Waals surface area contributed by atoms with Gasteiger partial charge in [-0.15, -0.1) is 0 Å². The first-order chi connectivity index (χ1) is 10.2. The minimum atomic E-state index is -0.364. The van der Waals surface area contributed by atoms with E-state index in [2.05, 4.69) is 27.8 Å². The van der Waals surface area contributed by atoms with Crippen LogP contribution in [0.1, 0.15) is 24.5 Å². The van der Waals surface area contributed by atoms with Gasteiger partial charge in [0, 0.05) is 28.7 Å². The third-order valence-corrected chi connectivity index (χ3v) is 3.42. The van der Waals surface area contributed by atoms with Crippen LogP contribution in [0.25, 0.3) is 0 Å². The Bertz CT molecular complexity index is 592. The molecule has 1 heterocycles. The zero-order chi connectivity index (χ0) is 15.1. The van der Waals surface area contributed by atoms with Gasteiger partial charge in [-0.1, -0.05) is 28.9 Å². The molecular formula is C16H17BrFNO2. The van der Waals surface area contributed by atoms with Crippen molar-refractivity contribution in [3.8, 4) is 11.5 Å². The molecule has 21 heavy (non-hydrogen) atoms. The van der Waals surface area contributed by atoms with E-state index in [-0.39, 0.29) is 12.4 Å². The lowest BCUT2D eigenvalue weighted by Crippen LogP contribution is -2.01. The Labute approximate surface area is 132 Å². The number of aromatic nitrogens is 1. The number of hydrogen-bond acceptors (Lipinski definition) is 3. The molecule has 0 radical (unpaired) electrons. The molecule has 1 aromatic heterocycles. The van der Waals surface area contributed by atoms with Crippen LogP contribution in [0.3, 0.4) is 0 Å². The van der Waals surface area contributed by atoms with E-state index in [9.17, 15) is 4.39 Å². The average Bonchev–Trinajstić information content (AvgIpc) is 2.51. The molecule has 2 rings (SSSR count). The zero-order valence-corrected chi connectivity index (χ0v) is 13.4. The Kier molecular flexibility index (Phi) is 5.99. The molecule has 0 saturated heterocycles. The van der Waals surface area contributed by atoms with Crippen molar-refractivity contribution in [2.45, 2.75) is 25.3 Å². The van der Waals surface area contributed by atoms with Crippen molar-refractivity contribution in [1.29, 1.82) is 0 Å². The molecule has 0 spiro atoms. The summed E-state index contributed by atoms with van der Waals surface area (Å²) in [6.07, 6.45) is 3.71. The number of halogens is 2. The molecule has 0 atom stereocenters. The molecule has 0 aliphatic carbocycles. The fourth-order valence-electron chi connectivity index (χ4n) is 1.79. The van der Waals surface area contributed by atoms with E-state index in [0.29, 0.717) is 17.5 Å². The molecule has 0 N–H and O–H groups in total. The minimum absolute atomic E-state index is 0.266. The van der Waals surface area contributed by atoms with Crippen LogP contribution in [0.5, 0.6) is 11.5 Å². The molecule has 0 saturated carbocycles. The fraction of sp³-hybridized carbons (Fsp3) is 0.312. The summed E-state index contributed by atoms with van der Waals surface area (Å²) in [5.74, 6) is 1.13. The number of alkyl halides is 1. The third kappa shape index (κ3) is 4.70. The summed E-state index contributed by atoms with van der Waals surface area (Å²) in [6, 6.07) is 7.15. The van der Waals surface area contributed by atoms with Gasteiger partial charge < -0.3 is 9.47 Å². The summed E-state index contributed by atoms with van der Waals surface area (Å²) >= 11 is 3.43. The maximum absolute atomic E-state index is 13.1. The second kappa shape index (κ2) is 7.98. The number of rotatable bonds is 7. The second-order valence-electron chi connectivity index (χ2n) is 4.55. The van der Waals surface area contributed by atoms with Gasteiger partial charge in [0.25, 0.3) is 0 Å². The van der Waals surface area contributed by atoms with Crippen LogP contribution in [0.15, 0.2) is 36.7 Å². The summed E-state index contributed by atoms with van der Waals surface area (Å²) in [5.41, 5.74) is 1.71. The van der Waals surface area contributed by atoms with Crippen LogP contribution in [0.2, 0.25) is 0 Å². The Morgan fingerprint density at radius 1 is 1.19 bits per heavy atom. The number of pyridine rings is 1. The van der Waals surface area contributed by atoms with Gasteiger partial charge in [0.1, 0.15) is 23.9 Å². The molecular weight excluding hydrogens is 337 g/mol. The van der Waals surface area contributed by atoms with Gasteiger partial charge in [0.2, 0.25) is 0 Å². The molecule has 1 aromatic carbocycles. The SMILES string of the molecule is CCCOc1ccc(CBr)c(OCc2cncc(F)c2)c1. The molecule has 0 aliphatic rings. The Hall–Kier alpha value is -1.62. The number of ether oxygens (including phenoxy) is 2. The average molecular weight is 354 g/mol. The summed E-state index contributed by atoms with van der Waals surface area (Å²) in [7, 11) is 0. The van der Waals surface area contributed by atoms with Gasteiger partial charge in [-0.3, -0.25) is 4.98 Å². The normalized spacial score (nSPS) is 10.4. The lowest BCUT2D eigenvalue weighted by Gasteiger charge is -2.12. The van der Waals surface area contributed by atoms with E-state index in [1.165, 1.54) is 12.3 Å². The highest BCUT2D eigenvalue weighted by molar-refractivity contribution is 9.08. The molecule has 112 valence electrons. The molecule has 5 heteroatoms. The lowest BCUT2D eigenvalue weighted by molar-refractivity contribution is 0.292. The van der Waals surface area contributed by atoms with Crippen LogP contribution in [-0.2, 0) is 11.9 Å². The van der Waals surface area contributed by atoms with E-state index in [1.54, 1.807) is 6.20 Å². The zero-order valence-electron chi connectivity index (χ0n) is 11.8. The van der Waals surface area contributed by atoms with Crippen molar-refractivity contribution in [1.82, 2.24) is 4.98 Å². The number of nitrogens with zero attached hydrogens (tertiary/aromatic N) is 1. The van der Waals surface area contributed by atoms with Gasteiger partial charge in [-0.25, -0.2) is 4.39 Å². The molecule has 0 amide bonds. The van der Waals surface area contributed by atoms with Gasteiger partial charge in [0.15, 0.2) is 0 Å². The maximum atomic E-state index is 13.1. The fourth-order valence-corrected chi connectivity index (χ4v) is 2.25. The molecule has 3 nitrogen and oxygen atoms in total. The number of benzene rings is 1. The van der Waals surface area contributed by atoms with Crippen LogP contribution in [0, 0.1) is 5.82 Å². The van der Waals surface area contributed by atoms with Crippen molar-refractivity contribution in [3.05, 3.63) is 53.6 Å². The van der Waals surface area contributed by atoms with Crippen molar-refractivity contribution in [2.24, 2.45) is 0 Å². The third-order valence-electron chi connectivity index (χ3n) is 2.81. The Morgan fingerprint density at radius 3 is 2.76 bits per heavy atom. The van der Waals surface area contributed by atoms with Crippen LogP contribution < -0.4 is 9.47 Å². The van der Waals surface area contributed by atoms with Crippen LogP contribution in [0.4, 0.5) is 4.39 Å². The minimum Gasteiger partial charge on any atom is -0.493 e. The standard InChI is InChI=1S/C16H17BrFNO2/c1-2-5-20-15-4-3-13(8-17)16(7-15)21-11-12-6-14(18)10-19-9-12/h3-4,6-7,9-10H,2,5,8,11H2,1H3. The van der Waals surface area contributed by atoms with Gasteiger partial charge in [0.05, 0.1) is 12.8 Å². The molecule has 0 unspecified atom stereocenters. The highest BCUT2D eigenvalue weighted by Gasteiger charge is 2.06. The molecule has 0 aliphatic heterocycles. The van der Waals surface area contributed by atoms with Crippen LogP contribution in [-0.4, -0.2) is 11.6 Å². The van der Waals surface area contributed by atoms with E-state index in [4.69, 9.17) is 9.47 Å². The van der Waals surface area contributed by atoms with Gasteiger partial charge in [-0.2, -0.15) is 0 Å². The Balaban J connectivity index is 2.09. The van der Waals surface area contributed by atoms with Crippen LogP contribution >= 0.6 is 15.9 Å².